The largest absolute Gasteiger partial charge is 0.316 e. The summed E-state index contributed by atoms with van der Waals surface area (Å²) in [7, 11) is 0. The molecule has 108 valence electrons. The molecule has 1 aromatic rings. The Balaban J connectivity index is 2.57. The van der Waals surface area contributed by atoms with E-state index in [-0.39, 0.29) is 0 Å². The minimum atomic E-state index is 0.654. The van der Waals surface area contributed by atoms with Gasteiger partial charge in [-0.15, -0.1) is 0 Å². The third kappa shape index (κ3) is 6.77. The first-order valence-electron chi connectivity index (χ1n) is 7.89. The zero-order valence-electron chi connectivity index (χ0n) is 13.2. The maximum atomic E-state index is 3.63. The van der Waals surface area contributed by atoms with E-state index in [4.69, 9.17) is 0 Å². The normalized spacial score (nSPS) is 14.6. The van der Waals surface area contributed by atoms with E-state index in [1.807, 2.05) is 0 Å². The molecule has 0 saturated carbocycles. The molecule has 0 aromatic heterocycles. The van der Waals surface area contributed by atoms with Gasteiger partial charge in [-0.05, 0) is 36.3 Å². The third-order valence-electron chi connectivity index (χ3n) is 3.68. The van der Waals surface area contributed by atoms with Gasteiger partial charge < -0.3 is 5.32 Å². The minimum absolute atomic E-state index is 0.654. The molecule has 1 heteroatoms. The molecule has 19 heavy (non-hydrogen) atoms. The van der Waals surface area contributed by atoms with E-state index in [0.717, 1.165) is 24.9 Å². The van der Waals surface area contributed by atoms with Crippen LogP contribution in [0, 0.1) is 11.8 Å². The fraction of sp³-hybridized carbons (Fsp3) is 0.667. The Morgan fingerprint density at radius 3 is 2.26 bits per heavy atom. The zero-order valence-corrected chi connectivity index (χ0v) is 13.2. The Labute approximate surface area is 119 Å². The predicted molar refractivity (Wildman–Crippen MR) is 85.6 cm³/mol. The quantitative estimate of drug-likeness (QED) is 0.670. The lowest BCUT2D eigenvalue weighted by molar-refractivity contribution is 0.412. The van der Waals surface area contributed by atoms with Gasteiger partial charge in [0.15, 0.2) is 0 Å². The van der Waals surface area contributed by atoms with Crippen LogP contribution in [0.2, 0.25) is 0 Å². The summed E-state index contributed by atoms with van der Waals surface area (Å²) < 4.78 is 0. The van der Waals surface area contributed by atoms with Crippen molar-refractivity contribution in [1.29, 1.82) is 0 Å². The van der Waals surface area contributed by atoms with Crippen LogP contribution in [0.3, 0.4) is 0 Å². The summed E-state index contributed by atoms with van der Waals surface area (Å²) in [4.78, 5) is 0. The summed E-state index contributed by atoms with van der Waals surface area (Å²) in [6, 6.07) is 11.0. The molecule has 1 nitrogen and oxygen atoms in total. The molecule has 0 spiro atoms. The van der Waals surface area contributed by atoms with Gasteiger partial charge >= 0.3 is 0 Å². The van der Waals surface area contributed by atoms with Crippen LogP contribution in [0.1, 0.15) is 58.4 Å². The Morgan fingerprint density at radius 2 is 1.68 bits per heavy atom. The van der Waals surface area contributed by atoms with Crippen LogP contribution in [0.15, 0.2) is 30.3 Å². The van der Waals surface area contributed by atoms with E-state index in [1.165, 1.54) is 24.8 Å². The van der Waals surface area contributed by atoms with E-state index in [9.17, 15) is 0 Å². The number of nitrogens with one attached hydrogen (secondary N) is 1. The van der Waals surface area contributed by atoms with E-state index in [2.05, 4.69) is 63.3 Å². The van der Waals surface area contributed by atoms with Crippen LogP contribution in [0.25, 0.3) is 0 Å². The number of hydrogen-bond acceptors (Lipinski definition) is 1. The standard InChI is InChI=1S/C18H31N/c1-5-9-16(4)12-18(14-19-13-15(2)3)17-10-7-6-8-11-17/h6-8,10-11,15-16,18-19H,5,9,12-14H2,1-4H3. The van der Waals surface area contributed by atoms with Crippen molar-refractivity contribution >= 4 is 0 Å². The molecule has 0 saturated heterocycles. The third-order valence-corrected chi connectivity index (χ3v) is 3.68. The van der Waals surface area contributed by atoms with Crippen LogP contribution in [0.5, 0.6) is 0 Å². The van der Waals surface area contributed by atoms with Gasteiger partial charge in [0.05, 0.1) is 0 Å². The lowest BCUT2D eigenvalue weighted by Gasteiger charge is -2.22. The van der Waals surface area contributed by atoms with Crippen molar-refractivity contribution in [2.45, 2.75) is 52.9 Å². The van der Waals surface area contributed by atoms with Gasteiger partial charge in [0.1, 0.15) is 0 Å². The highest BCUT2D eigenvalue weighted by molar-refractivity contribution is 5.20. The van der Waals surface area contributed by atoms with Gasteiger partial charge in [0.2, 0.25) is 0 Å². The molecule has 0 fully saturated rings. The van der Waals surface area contributed by atoms with Crippen molar-refractivity contribution < 1.29 is 0 Å². The molecule has 2 atom stereocenters. The average molecular weight is 261 g/mol. The van der Waals surface area contributed by atoms with Crippen molar-refractivity contribution in [3.63, 3.8) is 0 Å². The molecule has 1 N–H and O–H groups in total. The summed E-state index contributed by atoms with van der Waals surface area (Å²) in [5.74, 6) is 2.20. The number of rotatable bonds is 9. The Kier molecular flexibility index (Phi) is 7.81. The van der Waals surface area contributed by atoms with Crippen LogP contribution in [-0.2, 0) is 0 Å². The van der Waals surface area contributed by atoms with E-state index in [0.29, 0.717) is 5.92 Å². The molecular formula is C18H31N. The van der Waals surface area contributed by atoms with Crippen LogP contribution >= 0.6 is 0 Å². The molecule has 0 aliphatic rings. The maximum absolute atomic E-state index is 3.63. The van der Waals surface area contributed by atoms with Gasteiger partial charge in [0.25, 0.3) is 0 Å². The number of hydrogen-bond donors (Lipinski definition) is 1. The maximum Gasteiger partial charge on any atom is 0.00203 e. The molecule has 1 aromatic carbocycles. The van der Waals surface area contributed by atoms with Gasteiger partial charge in [0, 0.05) is 6.54 Å². The van der Waals surface area contributed by atoms with Crippen molar-refractivity contribution in [2.24, 2.45) is 11.8 Å². The molecule has 0 radical (unpaired) electrons. The van der Waals surface area contributed by atoms with Gasteiger partial charge in [-0.2, -0.15) is 0 Å². The highest BCUT2D eigenvalue weighted by Gasteiger charge is 2.14. The summed E-state index contributed by atoms with van der Waals surface area (Å²) in [5.41, 5.74) is 1.49. The summed E-state index contributed by atoms with van der Waals surface area (Å²) in [5, 5.41) is 3.63. The molecule has 1 rings (SSSR count). The van der Waals surface area contributed by atoms with Crippen molar-refractivity contribution in [1.82, 2.24) is 5.32 Å². The molecule has 0 heterocycles. The smallest absolute Gasteiger partial charge is 0.00203 e. The molecule has 2 unspecified atom stereocenters. The second-order valence-electron chi connectivity index (χ2n) is 6.29. The lowest BCUT2D eigenvalue weighted by atomic mass is 9.87. The summed E-state index contributed by atoms with van der Waals surface area (Å²) in [6.07, 6.45) is 3.93. The summed E-state index contributed by atoms with van der Waals surface area (Å²) in [6.45, 7) is 11.4. The molecule has 0 aliphatic carbocycles. The number of benzene rings is 1. The topological polar surface area (TPSA) is 12.0 Å². The minimum Gasteiger partial charge on any atom is -0.316 e. The fourth-order valence-electron chi connectivity index (χ4n) is 2.71. The van der Waals surface area contributed by atoms with Crippen molar-refractivity contribution in [3.8, 4) is 0 Å². The second-order valence-corrected chi connectivity index (χ2v) is 6.29. The average Bonchev–Trinajstić information content (AvgIpc) is 2.38. The Morgan fingerprint density at radius 1 is 1.00 bits per heavy atom. The fourth-order valence-corrected chi connectivity index (χ4v) is 2.71. The predicted octanol–water partition coefficient (Wildman–Crippen LogP) is 4.84. The zero-order chi connectivity index (χ0) is 14.1. The van der Waals surface area contributed by atoms with E-state index < -0.39 is 0 Å². The first-order chi connectivity index (χ1) is 9.13. The van der Waals surface area contributed by atoms with E-state index in [1.54, 1.807) is 0 Å². The highest BCUT2D eigenvalue weighted by atomic mass is 14.9. The molecule has 0 aliphatic heterocycles. The first-order valence-corrected chi connectivity index (χ1v) is 7.89. The van der Waals surface area contributed by atoms with Crippen LogP contribution in [0.4, 0.5) is 0 Å². The van der Waals surface area contributed by atoms with Crippen LogP contribution in [-0.4, -0.2) is 13.1 Å². The second kappa shape index (κ2) is 9.14. The van der Waals surface area contributed by atoms with Crippen molar-refractivity contribution in [3.05, 3.63) is 35.9 Å². The Hall–Kier alpha value is -0.820. The Bertz CT molecular complexity index is 318. The lowest BCUT2D eigenvalue weighted by Crippen LogP contribution is -2.26. The molecular weight excluding hydrogens is 230 g/mol. The molecule has 0 amide bonds. The highest BCUT2D eigenvalue weighted by Crippen LogP contribution is 2.25. The monoisotopic (exact) mass is 261 g/mol. The SMILES string of the molecule is CCCC(C)CC(CNCC(C)C)c1ccccc1. The van der Waals surface area contributed by atoms with Crippen LogP contribution < -0.4 is 5.32 Å². The van der Waals surface area contributed by atoms with Crippen molar-refractivity contribution in [2.75, 3.05) is 13.1 Å². The first kappa shape index (κ1) is 16.2. The van der Waals surface area contributed by atoms with E-state index >= 15 is 0 Å². The summed E-state index contributed by atoms with van der Waals surface area (Å²) >= 11 is 0. The molecule has 0 bridgehead atoms. The van der Waals surface area contributed by atoms with Gasteiger partial charge in [-0.1, -0.05) is 70.9 Å². The van der Waals surface area contributed by atoms with Gasteiger partial charge in [-0.3, -0.25) is 0 Å². The van der Waals surface area contributed by atoms with Gasteiger partial charge in [-0.25, -0.2) is 0 Å².